The van der Waals surface area contributed by atoms with Gasteiger partial charge in [0.1, 0.15) is 17.2 Å². The number of alkyl halides is 2. The quantitative estimate of drug-likeness (QED) is 0.447. The maximum Gasteiger partial charge on any atom is 0.128 e. The van der Waals surface area contributed by atoms with Crippen LogP contribution in [0.2, 0.25) is 0 Å². The van der Waals surface area contributed by atoms with Gasteiger partial charge < -0.3 is 14.9 Å². The van der Waals surface area contributed by atoms with Crippen LogP contribution in [0.15, 0.2) is 49.0 Å². The van der Waals surface area contributed by atoms with Crippen LogP contribution in [0, 0.1) is 5.41 Å². The summed E-state index contributed by atoms with van der Waals surface area (Å²) in [6.45, 7) is 4.03. The molecule has 0 heterocycles. The number of hydrogen-bond donors (Lipinski definition) is 1. The first-order chi connectivity index (χ1) is 11.1. The van der Waals surface area contributed by atoms with Crippen LogP contribution < -0.4 is 9.47 Å². The molecule has 2 aromatic carbocycles. The third-order valence-corrected chi connectivity index (χ3v) is 4.52. The summed E-state index contributed by atoms with van der Waals surface area (Å²) in [5.74, 6) is 2.20. The van der Waals surface area contributed by atoms with E-state index in [4.69, 9.17) is 14.9 Å². The average molecular weight is 439 g/mol. The molecule has 1 N–H and O–H groups in total. The van der Waals surface area contributed by atoms with E-state index >= 15 is 0 Å². The van der Waals surface area contributed by atoms with Crippen molar-refractivity contribution in [3.63, 3.8) is 0 Å². The fourth-order valence-corrected chi connectivity index (χ4v) is 2.66. The van der Waals surface area contributed by atoms with Gasteiger partial charge in [0.05, 0.1) is 7.11 Å². The minimum absolute atomic E-state index is 0.531. The van der Waals surface area contributed by atoms with Crippen molar-refractivity contribution in [2.75, 3.05) is 17.8 Å². The van der Waals surface area contributed by atoms with Crippen LogP contribution >= 0.6 is 31.9 Å². The van der Waals surface area contributed by atoms with Crippen LogP contribution in [-0.4, -0.2) is 23.5 Å². The summed E-state index contributed by atoms with van der Waals surface area (Å²) in [7, 11) is 1.64. The van der Waals surface area contributed by atoms with Gasteiger partial charge >= 0.3 is 0 Å². The first-order valence-electron chi connectivity index (χ1n) is 6.93. The highest BCUT2D eigenvalue weighted by molar-refractivity contribution is 9.09. The molecular weight excluding hydrogens is 422 g/mol. The van der Waals surface area contributed by atoms with Crippen LogP contribution in [0.4, 0.5) is 0 Å². The van der Waals surface area contributed by atoms with Crippen molar-refractivity contribution in [2.24, 2.45) is 0 Å². The lowest BCUT2D eigenvalue weighted by atomic mass is 10.1. The van der Waals surface area contributed by atoms with E-state index in [1.807, 2.05) is 42.5 Å². The summed E-state index contributed by atoms with van der Waals surface area (Å²) < 4.78 is 11.3. The van der Waals surface area contributed by atoms with E-state index < -0.39 is 0 Å². The predicted molar refractivity (Wildman–Crippen MR) is 103 cm³/mol. The summed E-state index contributed by atoms with van der Waals surface area (Å²) in [6.07, 6.45) is 0. The Labute approximate surface area is 153 Å². The molecule has 3 nitrogen and oxygen atoms in total. The largest absolute Gasteiger partial charge is 0.496 e. The second-order valence-corrected chi connectivity index (χ2v) is 5.96. The topological polar surface area (TPSA) is 42.3 Å². The Morgan fingerprint density at radius 1 is 1.04 bits per heavy atom. The summed E-state index contributed by atoms with van der Waals surface area (Å²) in [6, 6.07) is 13.1. The second kappa shape index (κ2) is 8.31. The highest BCUT2D eigenvalue weighted by Gasteiger charge is 2.09. The lowest BCUT2D eigenvalue weighted by molar-refractivity contribution is 0.411. The van der Waals surface area contributed by atoms with Crippen molar-refractivity contribution in [3.05, 3.63) is 60.2 Å². The molecule has 0 aliphatic heterocycles. The molecule has 0 aliphatic rings. The van der Waals surface area contributed by atoms with E-state index in [1.54, 1.807) is 7.11 Å². The second-order valence-electron chi connectivity index (χ2n) is 4.84. The first kappa shape index (κ1) is 17.8. The van der Waals surface area contributed by atoms with Gasteiger partial charge in [-0.05, 0) is 53.6 Å². The molecule has 2 rings (SSSR count). The number of methoxy groups -OCH3 is 1. The number of ether oxygens (including phenoxy) is 2. The van der Waals surface area contributed by atoms with E-state index in [9.17, 15) is 0 Å². The van der Waals surface area contributed by atoms with E-state index in [1.165, 1.54) is 0 Å². The molecule has 0 bridgehead atoms. The first-order valence-corrected chi connectivity index (χ1v) is 9.17. The minimum atomic E-state index is 0.531. The lowest BCUT2D eigenvalue weighted by Crippen LogP contribution is -1.99. The lowest BCUT2D eigenvalue weighted by Gasteiger charge is -2.12. The summed E-state index contributed by atoms with van der Waals surface area (Å²) >= 11 is 6.70. The van der Waals surface area contributed by atoms with Gasteiger partial charge in [0.2, 0.25) is 0 Å². The zero-order chi connectivity index (χ0) is 16.8. The van der Waals surface area contributed by atoms with Crippen molar-refractivity contribution in [1.29, 1.82) is 5.41 Å². The van der Waals surface area contributed by atoms with Gasteiger partial charge in [0, 0.05) is 21.9 Å². The highest BCUT2D eigenvalue weighted by Crippen LogP contribution is 2.32. The van der Waals surface area contributed by atoms with Gasteiger partial charge in [-0.1, -0.05) is 38.4 Å². The molecule has 23 heavy (non-hydrogen) atoms. The van der Waals surface area contributed by atoms with Gasteiger partial charge in [-0.2, -0.15) is 0 Å². The molecule has 0 saturated heterocycles. The number of benzene rings is 2. The molecule has 0 aromatic heterocycles. The van der Waals surface area contributed by atoms with Gasteiger partial charge in [0.25, 0.3) is 0 Å². The standard InChI is InChI=1S/C18H17Br2NO2/c1-12(10-19)16-9-15(7-8-18(16)22-2)23-14-5-3-13(4-6-14)17(21)11-20/h3-9,21H,1,10-11H2,2H3. The SMILES string of the molecule is C=C(CBr)c1cc(Oc2ccc(C(=N)CBr)cc2)ccc1OC. The minimum Gasteiger partial charge on any atom is -0.496 e. The Morgan fingerprint density at radius 2 is 1.70 bits per heavy atom. The molecule has 2 aromatic rings. The smallest absolute Gasteiger partial charge is 0.128 e. The number of hydrogen-bond acceptors (Lipinski definition) is 3. The number of rotatable bonds is 7. The Balaban J connectivity index is 2.23. The Hall–Kier alpha value is -1.59. The van der Waals surface area contributed by atoms with Crippen molar-refractivity contribution in [3.8, 4) is 17.2 Å². The van der Waals surface area contributed by atoms with Crippen molar-refractivity contribution < 1.29 is 9.47 Å². The number of halogens is 2. The van der Waals surface area contributed by atoms with Gasteiger partial charge in [-0.3, -0.25) is 0 Å². The zero-order valence-electron chi connectivity index (χ0n) is 12.7. The van der Waals surface area contributed by atoms with E-state index in [-0.39, 0.29) is 0 Å². The van der Waals surface area contributed by atoms with Crippen molar-refractivity contribution >= 4 is 43.1 Å². The Morgan fingerprint density at radius 3 is 2.26 bits per heavy atom. The maximum absolute atomic E-state index is 7.80. The van der Waals surface area contributed by atoms with E-state index in [0.29, 0.717) is 22.1 Å². The molecule has 0 saturated carbocycles. The Bertz CT molecular complexity index is 711. The molecule has 0 atom stereocenters. The molecule has 120 valence electrons. The van der Waals surface area contributed by atoms with Gasteiger partial charge in [-0.25, -0.2) is 0 Å². The van der Waals surface area contributed by atoms with Crippen LogP contribution in [0.25, 0.3) is 5.57 Å². The zero-order valence-corrected chi connectivity index (χ0v) is 15.9. The molecule has 0 fully saturated rings. The number of allylic oxidation sites excluding steroid dienone is 1. The molecule has 0 radical (unpaired) electrons. The molecule has 0 aliphatic carbocycles. The molecule has 0 spiro atoms. The third-order valence-electron chi connectivity index (χ3n) is 3.29. The normalized spacial score (nSPS) is 10.2. The van der Waals surface area contributed by atoms with Crippen LogP contribution in [0.3, 0.4) is 0 Å². The van der Waals surface area contributed by atoms with E-state index in [0.717, 1.165) is 28.2 Å². The fraction of sp³-hybridized carbons (Fsp3) is 0.167. The highest BCUT2D eigenvalue weighted by atomic mass is 79.9. The maximum atomic E-state index is 7.80. The molecule has 0 unspecified atom stereocenters. The summed E-state index contributed by atoms with van der Waals surface area (Å²) in [5.41, 5.74) is 3.25. The van der Waals surface area contributed by atoms with Crippen molar-refractivity contribution in [2.45, 2.75) is 0 Å². The summed E-state index contributed by atoms with van der Waals surface area (Å²) in [4.78, 5) is 0. The number of nitrogens with one attached hydrogen (secondary N) is 1. The Kier molecular flexibility index (Phi) is 6.42. The van der Waals surface area contributed by atoms with Gasteiger partial charge in [0.15, 0.2) is 0 Å². The monoisotopic (exact) mass is 437 g/mol. The van der Waals surface area contributed by atoms with Crippen LogP contribution in [-0.2, 0) is 0 Å². The molecular formula is C18H17Br2NO2. The molecule has 5 heteroatoms. The average Bonchev–Trinajstić information content (AvgIpc) is 2.61. The molecule has 0 amide bonds. The van der Waals surface area contributed by atoms with Crippen molar-refractivity contribution in [1.82, 2.24) is 0 Å². The van der Waals surface area contributed by atoms with E-state index in [2.05, 4.69) is 38.4 Å². The summed E-state index contributed by atoms with van der Waals surface area (Å²) in [5, 5.41) is 8.99. The predicted octanol–water partition coefficient (Wildman–Crippen LogP) is 5.66. The van der Waals surface area contributed by atoms with Gasteiger partial charge in [-0.15, -0.1) is 0 Å². The van der Waals surface area contributed by atoms with Crippen LogP contribution in [0.1, 0.15) is 11.1 Å². The van der Waals surface area contributed by atoms with Crippen LogP contribution in [0.5, 0.6) is 17.2 Å². The fourth-order valence-electron chi connectivity index (χ4n) is 2.04. The third kappa shape index (κ3) is 4.45.